The Morgan fingerprint density at radius 1 is 1.00 bits per heavy atom. The molecule has 0 fully saturated rings. The van der Waals surface area contributed by atoms with E-state index in [4.69, 9.17) is 28.6 Å². The molecule has 0 bridgehead atoms. The van der Waals surface area contributed by atoms with Gasteiger partial charge in [0.25, 0.3) is 0 Å². The standard InChI is InChI=1S/C37H57N5O6Si/c1-23-19-26(41(12)33(43)46-35(3,4)5)21-29(38-23)40-32-24(2)30(31-28(39-32)16-18-45-31)25-15-17-42(34(44)47-36(6,7)8)22-27(20-25)48-49(13,14)37(9,10)11/h15,19,21,27H,16-18,20,22H2,1-14H3,(H,38,39,40). The van der Waals surface area contributed by atoms with Gasteiger partial charge in [-0.25, -0.2) is 19.6 Å². The number of aromatic nitrogens is 2. The molecule has 2 aliphatic rings. The molecule has 270 valence electrons. The Kier molecular flexibility index (Phi) is 10.9. The van der Waals surface area contributed by atoms with Crippen LogP contribution in [0, 0.1) is 13.8 Å². The van der Waals surface area contributed by atoms with Crippen LogP contribution in [-0.4, -0.2) is 79.4 Å². The van der Waals surface area contributed by atoms with Gasteiger partial charge in [0, 0.05) is 49.4 Å². The minimum atomic E-state index is -2.20. The van der Waals surface area contributed by atoms with E-state index in [1.807, 2.05) is 67.5 Å². The largest absolute Gasteiger partial charge is 0.491 e. The van der Waals surface area contributed by atoms with E-state index < -0.39 is 25.6 Å². The zero-order valence-electron chi connectivity index (χ0n) is 32.1. The number of nitrogens with zero attached hydrogens (tertiary/aromatic N) is 4. The van der Waals surface area contributed by atoms with E-state index in [2.05, 4.69) is 45.3 Å². The number of anilines is 3. The Labute approximate surface area is 293 Å². The normalized spacial score (nSPS) is 17.1. The lowest BCUT2D eigenvalue weighted by atomic mass is 9.94. The first-order valence-corrected chi connectivity index (χ1v) is 20.1. The third-order valence-electron chi connectivity index (χ3n) is 8.96. The fraction of sp³-hybridized carbons (Fsp3) is 0.622. The molecule has 2 aromatic heterocycles. The van der Waals surface area contributed by atoms with Crippen molar-refractivity contribution in [1.29, 1.82) is 0 Å². The van der Waals surface area contributed by atoms with Gasteiger partial charge in [0.05, 0.1) is 24.1 Å². The molecular formula is C37H57N5O6Si. The number of nitrogens with one attached hydrogen (secondary N) is 1. The first-order chi connectivity index (χ1) is 22.4. The number of amides is 2. The van der Waals surface area contributed by atoms with Crippen molar-refractivity contribution in [2.24, 2.45) is 0 Å². The Balaban J connectivity index is 1.74. The molecule has 0 spiro atoms. The van der Waals surface area contributed by atoms with Crippen molar-refractivity contribution in [3.8, 4) is 5.75 Å². The molecule has 0 aliphatic carbocycles. The van der Waals surface area contributed by atoms with Gasteiger partial charge in [0.15, 0.2) is 8.32 Å². The molecule has 0 saturated carbocycles. The van der Waals surface area contributed by atoms with Crippen LogP contribution in [0.1, 0.15) is 91.2 Å². The lowest BCUT2D eigenvalue weighted by Gasteiger charge is -2.40. The Morgan fingerprint density at radius 3 is 2.27 bits per heavy atom. The van der Waals surface area contributed by atoms with Crippen molar-refractivity contribution in [2.75, 3.05) is 37.0 Å². The maximum atomic E-state index is 13.4. The van der Waals surface area contributed by atoms with Gasteiger partial charge in [-0.3, -0.25) is 4.90 Å². The number of ether oxygens (including phenoxy) is 3. The van der Waals surface area contributed by atoms with E-state index in [1.54, 1.807) is 11.9 Å². The van der Waals surface area contributed by atoms with Crippen LogP contribution >= 0.6 is 0 Å². The van der Waals surface area contributed by atoms with Crippen molar-refractivity contribution in [1.82, 2.24) is 14.9 Å². The van der Waals surface area contributed by atoms with Crippen LogP contribution in [0.3, 0.4) is 0 Å². The van der Waals surface area contributed by atoms with Gasteiger partial charge in [-0.2, -0.15) is 0 Å². The summed E-state index contributed by atoms with van der Waals surface area (Å²) >= 11 is 0. The number of carbonyl (C=O) groups excluding carboxylic acids is 2. The average Bonchev–Trinajstić information content (AvgIpc) is 3.29. The van der Waals surface area contributed by atoms with Gasteiger partial charge < -0.3 is 28.9 Å². The van der Waals surface area contributed by atoms with Gasteiger partial charge in [-0.1, -0.05) is 26.8 Å². The first-order valence-electron chi connectivity index (χ1n) is 17.2. The quantitative estimate of drug-likeness (QED) is 0.297. The summed E-state index contributed by atoms with van der Waals surface area (Å²) in [5.41, 5.74) is 3.89. The van der Waals surface area contributed by atoms with Crippen LogP contribution < -0.4 is 15.0 Å². The second-order valence-electron chi connectivity index (χ2n) is 16.7. The summed E-state index contributed by atoms with van der Waals surface area (Å²) in [7, 11) is -0.518. The molecule has 2 aliphatic heterocycles. The van der Waals surface area contributed by atoms with Crippen LogP contribution in [0.5, 0.6) is 5.75 Å². The minimum Gasteiger partial charge on any atom is -0.491 e. The monoisotopic (exact) mass is 695 g/mol. The molecule has 0 radical (unpaired) electrons. The highest BCUT2D eigenvalue weighted by atomic mass is 28.4. The van der Waals surface area contributed by atoms with Crippen molar-refractivity contribution in [3.05, 3.63) is 40.7 Å². The molecule has 2 aromatic rings. The van der Waals surface area contributed by atoms with E-state index in [0.29, 0.717) is 49.9 Å². The van der Waals surface area contributed by atoms with E-state index in [1.165, 1.54) is 4.90 Å². The summed E-state index contributed by atoms with van der Waals surface area (Å²) in [4.78, 5) is 39.2. The molecule has 1 atom stereocenters. The van der Waals surface area contributed by atoms with E-state index in [9.17, 15) is 9.59 Å². The van der Waals surface area contributed by atoms with E-state index in [0.717, 1.165) is 33.8 Å². The van der Waals surface area contributed by atoms with Crippen LogP contribution in [-0.2, 0) is 20.3 Å². The summed E-state index contributed by atoms with van der Waals surface area (Å²) in [5, 5.41) is 3.44. The Hall–Kier alpha value is -3.64. The summed E-state index contributed by atoms with van der Waals surface area (Å²) in [6.07, 6.45) is 2.32. The second-order valence-corrected chi connectivity index (χ2v) is 21.4. The minimum absolute atomic E-state index is 0.00875. The van der Waals surface area contributed by atoms with Gasteiger partial charge in [0.1, 0.15) is 28.6 Å². The molecule has 4 rings (SSSR count). The van der Waals surface area contributed by atoms with Crippen LogP contribution in [0.25, 0.3) is 5.57 Å². The Bertz CT molecular complexity index is 1600. The summed E-state index contributed by atoms with van der Waals surface area (Å²) in [6, 6.07) is 3.65. The molecular weight excluding hydrogens is 639 g/mol. The van der Waals surface area contributed by atoms with Crippen molar-refractivity contribution < 1.29 is 28.2 Å². The average molecular weight is 696 g/mol. The summed E-state index contributed by atoms with van der Waals surface area (Å²) in [6.45, 7) is 27.5. The van der Waals surface area contributed by atoms with Crippen LogP contribution in [0.2, 0.25) is 18.1 Å². The zero-order chi connectivity index (χ0) is 36.7. The van der Waals surface area contributed by atoms with Crippen LogP contribution in [0.15, 0.2) is 18.2 Å². The van der Waals surface area contributed by atoms with Crippen molar-refractivity contribution in [3.63, 3.8) is 0 Å². The number of rotatable bonds is 6. The van der Waals surface area contributed by atoms with Crippen LogP contribution in [0.4, 0.5) is 26.9 Å². The van der Waals surface area contributed by atoms with Gasteiger partial charge in [-0.05, 0) is 91.6 Å². The number of hydrogen-bond acceptors (Lipinski definition) is 9. The zero-order valence-corrected chi connectivity index (χ0v) is 33.1. The fourth-order valence-electron chi connectivity index (χ4n) is 5.54. The molecule has 1 unspecified atom stereocenters. The first kappa shape index (κ1) is 38.2. The van der Waals surface area contributed by atoms with Crippen molar-refractivity contribution >= 4 is 43.4 Å². The molecule has 0 aromatic carbocycles. The third-order valence-corrected chi connectivity index (χ3v) is 13.5. The summed E-state index contributed by atoms with van der Waals surface area (Å²) in [5.74, 6) is 1.98. The molecule has 0 saturated heterocycles. The molecule has 49 heavy (non-hydrogen) atoms. The van der Waals surface area contributed by atoms with E-state index in [-0.39, 0.29) is 17.2 Å². The summed E-state index contributed by atoms with van der Waals surface area (Å²) < 4.78 is 24.6. The lowest BCUT2D eigenvalue weighted by molar-refractivity contribution is 0.0195. The van der Waals surface area contributed by atoms with Gasteiger partial charge in [0.2, 0.25) is 0 Å². The number of aryl methyl sites for hydroxylation is 1. The van der Waals surface area contributed by atoms with E-state index >= 15 is 0 Å². The maximum Gasteiger partial charge on any atom is 0.414 e. The molecule has 12 heteroatoms. The molecule has 2 amide bonds. The number of hydrogen-bond donors (Lipinski definition) is 1. The predicted octanol–water partition coefficient (Wildman–Crippen LogP) is 8.56. The highest BCUT2D eigenvalue weighted by molar-refractivity contribution is 6.74. The second kappa shape index (κ2) is 13.9. The molecule has 1 N–H and O–H groups in total. The number of fused-ring (bicyclic) bond motifs is 1. The van der Waals surface area contributed by atoms with Gasteiger partial charge in [-0.15, -0.1) is 0 Å². The van der Waals surface area contributed by atoms with Gasteiger partial charge >= 0.3 is 12.2 Å². The van der Waals surface area contributed by atoms with Crippen molar-refractivity contribution in [2.45, 2.75) is 124 Å². The predicted molar refractivity (Wildman–Crippen MR) is 198 cm³/mol. The SMILES string of the molecule is Cc1cc(N(C)C(=O)OC(C)(C)C)cc(Nc2nc3c(c(C4=CCN(C(=O)OC(C)(C)C)CC(O[Si](C)(C)C(C)(C)C)C4)c2C)OCC3)n1. The lowest BCUT2D eigenvalue weighted by Crippen LogP contribution is -2.48. The number of carbonyl (C=O) groups is 2. The highest BCUT2D eigenvalue weighted by Crippen LogP contribution is 2.43. The highest BCUT2D eigenvalue weighted by Gasteiger charge is 2.41. The molecule has 11 nitrogen and oxygen atoms in total. The topological polar surface area (TPSA) is 115 Å². The third kappa shape index (κ3) is 9.54. The fourth-order valence-corrected chi connectivity index (χ4v) is 6.88. The Morgan fingerprint density at radius 2 is 1.65 bits per heavy atom. The molecule has 4 heterocycles. The number of pyridine rings is 2. The smallest absolute Gasteiger partial charge is 0.414 e. The maximum absolute atomic E-state index is 13.4.